The second-order valence-corrected chi connectivity index (χ2v) is 3.71. The van der Waals surface area contributed by atoms with Gasteiger partial charge in [0.15, 0.2) is 0 Å². The minimum Gasteiger partial charge on any atom is -0.391 e. The van der Waals surface area contributed by atoms with Gasteiger partial charge in [-0.25, -0.2) is 0 Å². The van der Waals surface area contributed by atoms with Crippen LogP contribution in [0.1, 0.15) is 26.7 Å². The molecule has 1 aliphatic rings. The number of aliphatic hydroxyl groups excluding tert-OH is 1. The van der Waals surface area contributed by atoms with Gasteiger partial charge in [-0.1, -0.05) is 6.92 Å². The van der Waals surface area contributed by atoms with E-state index in [2.05, 4.69) is 12.2 Å². The fourth-order valence-corrected chi connectivity index (χ4v) is 1.83. The molecule has 0 aromatic rings. The van der Waals surface area contributed by atoms with Crippen LogP contribution in [0.25, 0.3) is 0 Å². The van der Waals surface area contributed by atoms with Crippen molar-refractivity contribution in [3.63, 3.8) is 0 Å². The van der Waals surface area contributed by atoms with Crippen LogP contribution in [0.3, 0.4) is 0 Å². The van der Waals surface area contributed by atoms with Crippen LogP contribution < -0.4 is 5.32 Å². The van der Waals surface area contributed by atoms with Crippen molar-refractivity contribution in [3.05, 3.63) is 0 Å². The summed E-state index contributed by atoms with van der Waals surface area (Å²) in [5.74, 6) is 0.0411. The molecular weight excluding hydrogens is 180 g/mol. The zero-order valence-corrected chi connectivity index (χ0v) is 8.99. The second-order valence-electron chi connectivity index (χ2n) is 3.71. The molecule has 4 nitrogen and oxygen atoms in total. The van der Waals surface area contributed by atoms with Crippen LogP contribution in [-0.4, -0.2) is 47.7 Å². The molecule has 4 heteroatoms. The summed E-state index contributed by atoms with van der Waals surface area (Å²) in [6.45, 7) is 6.25. The van der Waals surface area contributed by atoms with Gasteiger partial charge in [0.1, 0.15) is 6.04 Å². The average Bonchev–Trinajstić information content (AvgIpc) is 2.59. The summed E-state index contributed by atoms with van der Waals surface area (Å²) in [4.78, 5) is 13.7. The van der Waals surface area contributed by atoms with Crippen molar-refractivity contribution in [1.29, 1.82) is 0 Å². The van der Waals surface area contributed by atoms with Crippen molar-refractivity contribution in [1.82, 2.24) is 10.2 Å². The molecule has 82 valence electrons. The first kappa shape index (κ1) is 11.5. The molecule has 0 radical (unpaired) electrons. The summed E-state index contributed by atoms with van der Waals surface area (Å²) in [5, 5.41) is 12.6. The molecule has 0 bridgehead atoms. The normalized spacial score (nSPS) is 26.5. The Morgan fingerprint density at radius 3 is 2.71 bits per heavy atom. The number of rotatable bonds is 4. The predicted molar refractivity (Wildman–Crippen MR) is 55.0 cm³/mol. The maximum atomic E-state index is 11.9. The monoisotopic (exact) mass is 200 g/mol. The fourth-order valence-electron chi connectivity index (χ4n) is 1.83. The quantitative estimate of drug-likeness (QED) is 0.670. The molecule has 1 rings (SSSR count). The predicted octanol–water partition coefficient (Wildman–Crippen LogP) is -0.0323. The van der Waals surface area contributed by atoms with Crippen LogP contribution in [-0.2, 0) is 4.79 Å². The standard InChI is InChI=1S/C10H20N2O2/c1-3-7-12(4-2)10(14)9-8(13)5-6-11-9/h8-9,11,13H,3-7H2,1-2H3/t8?,9-/m0/s1. The smallest absolute Gasteiger partial charge is 0.242 e. The topological polar surface area (TPSA) is 52.6 Å². The molecule has 0 aliphatic carbocycles. The van der Waals surface area contributed by atoms with Crippen LogP contribution in [0.5, 0.6) is 0 Å². The average molecular weight is 200 g/mol. The van der Waals surface area contributed by atoms with E-state index in [0.717, 1.165) is 26.1 Å². The highest BCUT2D eigenvalue weighted by Crippen LogP contribution is 2.10. The number of likely N-dealkylation sites (N-methyl/N-ethyl adjacent to an activating group) is 1. The molecule has 2 N–H and O–H groups in total. The van der Waals surface area contributed by atoms with E-state index in [-0.39, 0.29) is 11.9 Å². The van der Waals surface area contributed by atoms with E-state index in [0.29, 0.717) is 6.42 Å². The van der Waals surface area contributed by atoms with Gasteiger partial charge in [0.05, 0.1) is 6.10 Å². The largest absolute Gasteiger partial charge is 0.391 e. The molecule has 0 aromatic heterocycles. The molecule has 0 spiro atoms. The number of carbonyl (C=O) groups is 1. The summed E-state index contributed by atoms with van der Waals surface area (Å²) in [6, 6.07) is -0.374. The molecular formula is C10H20N2O2. The van der Waals surface area contributed by atoms with Crippen LogP contribution >= 0.6 is 0 Å². The summed E-state index contributed by atoms with van der Waals surface area (Å²) >= 11 is 0. The Kier molecular flexibility index (Phi) is 4.35. The Bertz CT molecular complexity index is 197. The molecule has 2 atom stereocenters. The van der Waals surface area contributed by atoms with Gasteiger partial charge >= 0.3 is 0 Å². The first-order chi connectivity index (χ1) is 6.70. The first-order valence-corrected chi connectivity index (χ1v) is 5.41. The van der Waals surface area contributed by atoms with Crippen molar-refractivity contribution >= 4 is 5.91 Å². The van der Waals surface area contributed by atoms with Crippen LogP contribution in [0.15, 0.2) is 0 Å². The maximum Gasteiger partial charge on any atom is 0.242 e. The third-order valence-electron chi connectivity index (χ3n) is 2.64. The van der Waals surface area contributed by atoms with E-state index in [1.165, 1.54) is 0 Å². The zero-order valence-electron chi connectivity index (χ0n) is 8.99. The maximum absolute atomic E-state index is 11.9. The minimum atomic E-state index is -0.506. The van der Waals surface area contributed by atoms with Crippen molar-refractivity contribution in [3.8, 4) is 0 Å². The van der Waals surface area contributed by atoms with E-state index in [4.69, 9.17) is 0 Å². The van der Waals surface area contributed by atoms with Crippen molar-refractivity contribution in [2.24, 2.45) is 0 Å². The van der Waals surface area contributed by atoms with Crippen molar-refractivity contribution in [2.75, 3.05) is 19.6 Å². The number of nitrogens with zero attached hydrogens (tertiary/aromatic N) is 1. The van der Waals surface area contributed by atoms with E-state index in [1.807, 2.05) is 6.92 Å². The lowest BCUT2D eigenvalue weighted by Gasteiger charge is -2.25. The van der Waals surface area contributed by atoms with E-state index < -0.39 is 6.10 Å². The summed E-state index contributed by atoms with van der Waals surface area (Å²) in [7, 11) is 0. The highest BCUT2D eigenvalue weighted by molar-refractivity contribution is 5.82. The van der Waals surface area contributed by atoms with Crippen molar-refractivity contribution in [2.45, 2.75) is 38.8 Å². The second kappa shape index (κ2) is 5.32. The van der Waals surface area contributed by atoms with Gasteiger partial charge in [-0.3, -0.25) is 4.79 Å². The molecule has 1 aliphatic heterocycles. The fraction of sp³-hybridized carbons (Fsp3) is 0.900. The Morgan fingerprint density at radius 2 is 2.29 bits per heavy atom. The lowest BCUT2D eigenvalue weighted by Crippen LogP contribution is -2.48. The number of nitrogens with one attached hydrogen (secondary N) is 1. The van der Waals surface area contributed by atoms with Gasteiger partial charge < -0.3 is 15.3 Å². The molecule has 1 unspecified atom stereocenters. The van der Waals surface area contributed by atoms with E-state index in [9.17, 15) is 9.90 Å². The van der Waals surface area contributed by atoms with Gasteiger partial charge in [-0.2, -0.15) is 0 Å². The van der Waals surface area contributed by atoms with Crippen LogP contribution in [0.2, 0.25) is 0 Å². The molecule has 1 heterocycles. The van der Waals surface area contributed by atoms with Gasteiger partial charge in [-0.15, -0.1) is 0 Å². The Balaban J connectivity index is 2.52. The first-order valence-electron chi connectivity index (χ1n) is 5.41. The van der Waals surface area contributed by atoms with E-state index >= 15 is 0 Å². The molecule has 1 amide bonds. The molecule has 1 fully saturated rings. The van der Waals surface area contributed by atoms with Gasteiger partial charge in [0.2, 0.25) is 5.91 Å². The van der Waals surface area contributed by atoms with Gasteiger partial charge in [-0.05, 0) is 26.3 Å². The number of hydrogen-bond donors (Lipinski definition) is 2. The van der Waals surface area contributed by atoms with Crippen molar-refractivity contribution < 1.29 is 9.90 Å². The minimum absolute atomic E-state index is 0.0411. The highest BCUT2D eigenvalue weighted by atomic mass is 16.3. The Morgan fingerprint density at radius 1 is 1.57 bits per heavy atom. The third kappa shape index (κ3) is 2.45. The third-order valence-corrected chi connectivity index (χ3v) is 2.64. The number of amides is 1. The van der Waals surface area contributed by atoms with Crippen LogP contribution in [0.4, 0.5) is 0 Å². The van der Waals surface area contributed by atoms with Gasteiger partial charge in [0, 0.05) is 13.1 Å². The highest BCUT2D eigenvalue weighted by Gasteiger charge is 2.33. The number of carbonyl (C=O) groups excluding carboxylic acids is 1. The SMILES string of the molecule is CCCN(CC)C(=O)[C@H]1NCCC1O. The summed E-state index contributed by atoms with van der Waals surface area (Å²) < 4.78 is 0. The molecule has 0 aromatic carbocycles. The summed E-state index contributed by atoms with van der Waals surface area (Å²) in [6.07, 6.45) is 1.14. The van der Waals surface area contributed by atoms with Crippen LogP contribution in [0, 0.1) is 0 Å². The summed E-state index contributed by atoms with van der Waals surface area (Å²) in [5.41, 5.74) is 0. The van der Waals surface area contributed by atoms with E-state index in [1.54, 1.807) is 4.90 Å². The zero-order chi connectivity index (χ0) is 10.6. The lowest BCUT2D eigenvalue weighted by atomic mass is 10.1. The molecule has 0 saturated carbocycles. The number of hydrogen-bond acceptors (Lipinski definition) is 3. The molecule has 1 saturated heterocycles. The Labute approximate surface area is 85.3 Å². The van der Waals surface area contributed by atoms with Gasteiger partial charge in [0.25, 0.3) is 0 Å². The molecule has 14 heavy (non-hydrogen) atoms. The number of aliphatic hydroxyl groups is 1. The lowest BCUT2D eigenvalue weighted by molar-refractivity contribution is -0.135. The Hall–Kier alpha value is -0.610.